The van der Waals surface area contributed by atoms with Gasteiger partial charge in [-0.25, -0.2) is 13.6 Å². The maximum atomic E-state index is 13.0. The Morgan fingerprint density at radius 1 is 1.17 bits per heavy atom. The Morgan fingerprint density at radius 2 is 1.83 bits per heavy atom. The summed E-state index contributed by atoms with van der Waals surface area (Å²) in [6.45, 7) is 0.318. The molecule has 126 valence electrons. The van der Waals surface area contributed by atoms with Crippen LogP contribution in [0.5, 0.6) is 0 Å². The van der Waals surface area contributed by atoms with E-state index in [2.05, 4.69) is 5.32 Å². The van der Waals surface area contributed by atoms with E-state index in [9.17, 15) is 18.7 Å². The third-order valence-corrected chi connectivity index (χ3v) is 4.92. The summed E-state index contributed by atoms with van der Waals surface area (Å²) < 4.78 is 31.2. The van der Waals surface area contributed by atoms with Crippen molar-refractivity contribution < 1.29 is 23.4 Å². The van der Waals surface area contributed by atoms with Crippen LogP contribution in [0.4, 0.5) is 13.6 Å². The summed E-state index contributed by atoms with van der Waals surface area (Å²) in [6, 6.07) is 9.31. The van der Waals surface area contributed by atoms with Gasteiger partial charge in [-0.15, -0.1) is 0 Å². The molecule has 1 aromatic rings. The average Bonchev–Trinajstić information content (AvgIpc) is 2.47. The van der Waals surface area contributed by atoms with Crippen LogP contribution in [-0.2, 0) is 11.3 Å². The predicted molar refractivity (Wildman–Crippen MR) is 80.0 cm³/mol. The van der Waals surface area contributed by atoms with Gasteiger partial charge in [0, 0.05) is 24.8 Å². The van der Waals surface area contributed by atoms with Gasteiger partial charge in [-0.2, -0.15) is 0 Å². The normalized spacial score (nSPS) is 22.7. The number of aliphatic hydroxyl groups is 1. The largest absolute Gasteiger partial charge is 0.445 e. The van der Waals surface area contributed by atoms with Gasteiger partial charge in [0.25, 0.3) is 0 Å². The predicted octanol–water partition coefficient (Wildman–Crippen LogP) is 3.10. The number of alkyl carbamates (subject to hydrolysis) is 1. The number of halogens is 2. The summed E-state index contributed by atoms with van der Waals surface area (Å²) in [5, 5.41) is 12.2. The molecule has 6 heteroatoms. The van der Waals surface area contributed by atoms with Gasteiger partial charge in [-0.05, 0) is 23.8 Å². The van der Waals surface area contributed by atoms with Crippen LogP contribution >= 0.6 is 0 Å². The van der Waals surface area contributed by atoms with E-state index in [0.29, 0.717) is 12.8 Å². The maximum absolute atomic E-state index is 13.0. The van der Waals surface area contributed by atoms with Gasteiger partial charge in [0.2, 0.25) is 5.92 Å². The molecule has 0 aliphatic heterocycles. The zero-order valence-corrected chi connectivity index (χ0v) is 12.9. The highest BCUT2D eigenvalue weighted by Gasteiger charge is 2.66. The smallest absolute Gasteiger partial charge is 0.407 e. The first-order valence-corrected chi connectivity index (χ1v) is 7.79. The van der Waals surface area contributed by atoms with Crippen molar-refractivity contribution in [1.82, 2.24) is 5.32 Å². The Kier molecular flexibility index (Phi) is 4.04. The Bertz CT molecular complexity index is 560. The first-order chi connectivity index (χ1) is 10.9. The van der Waals surface area contributed by atoms with E-state index in [0.717, 1.165) is 5.56 Å². The molecular weight excluding hydrogens is 304 g/mol. The summed E-state index contributed by atoms with van der Waals surface area (Å²) in [4.78, 5) is 11.7. The first-order valence-electron chi connectivity index (χ1n) is 7.79. The van der Waals surface area contributed by atoms with Crippen molar-refractivity contribution in [2.75, 3.05) is 13.2 Å². The van der Waals surface area contributed by atoms with Gasteiger partial charge >= 0.3 is 6.09 Å². The number of ether oxygens (including phenoxy) is 1. The zero-order valence-electron chi connectivity index (χ0n) is 12.9. The molecule has 0 atom stereocenters. The lowest BCUT2D eigenvalue weighted by molar-refractivity contribution is -0.236. The number of hydrogen-bond donors (Lipinski definition) is 2. The van der Waals surface area contributed by atoms with Gasteiger partial charge in [0.1, 0.15) is 6.61 Å². The number of carbonyl (C=O) groups excluding carboxylic acids is 1. The van der Waals surface area contributed by atoms with E-state index in [1.54, 1.807) is 0 Å². The van der Waals surface area contributed by atoms with Gasteiger partial charge in [0.15, 0.2) is 0 Å². The molecule has 3 rings (SSSR count). The minimum atomic E-state index is -2.55. The molecule has 0 radical (unpaired) electrons. The van der Waals surface area contributed by atoms with Crippen molar-refractivity contribution in [3.05, 3.63) is 35.9 Å². The number of hydrogen-bond acceptors (Lipinski definition) is 3. The van der Waals surface area contributed by atoms with E-state index in [-0.39, 0.29) is 38.0 Å². The van der Waals surface area contributed by atoms with Gasteiger partial charge in [0.05, 0.1) is 6.61 Å². The van der Waals surface area contributed by atoms with Crippen molar-refractivity contribution in [3.8, 4) is 0 Å². The van der Waals surface area contributed by atoms with Gasteiger partial charge in [-0.3, -0.25) is 0 Å². The Morgan fingerprint density at radius 3 is 2.39 bits per heavy atom. The van der Waals surface area contributed by atoms with Crippen molar-refractivity contribution >= 4 is 6.09 Å². The molecule has 0 unspecified atom stereocenters. The van der Waals surface area contributed by atoms with Crippen molar-refractivity contribution in [1.29, 1.82) is 0 Å². The minimum Gasteiger partial charge on any atom is -0.445 e. The molecular formula is C17H21F2NO3. The standard InChI is InChI=1S/C17H21F2NO3/c18-17(19)9-15(10-17)7-16(8-15,12-21)11-20-14(22)23-6-13-4-2-1-3-5-13/h1-5,21H,6-12H2,(H,20,22). The van der Waals surface area contributed by atoms with Gasteiger partial charge in [-0.1, -0.05) is 30.3 Å². The third-order valence-electron chi connectivity index (χ3n) is 4.92. The summed E-state index contributed by atoms with van der Waals surface area (Å²) in [6.07, 6.45) is 0.317. The third kappa shape index (κ3) is 3.47. The molecule has 0 bridgehead atoms. The summed E-state index contributed by atoms with van der Waals surface area (Å²) in [7, 11) is 0. The fourth-order valence-corrected chi connectivity index (χ4v) is 4.16. The summed E-state index contributed by atoms with van der Waals surface area (Å²) in [5.41, 5.74) is 0.0724. The lowest BCUT2D eigenvalue weighted by Crippen LogP contribution is -2.62. The first kappa shape index (κ1) is 16.2. The number of rotatable bonds is 5. The molecule has 0 heterocycles. The van der Waals surface area contributed by atoms with Crippen LogP contribution in [0.3, 0.4) is 0 Å². The molecule has 0 aromatic heterocycles. The van der Waals surface area contributed by atoms with Crippen LogP contribution in [0.1, 0.15) is 31.2 Å². The number of benzene rings is 1. The molecule has 1 aromatic carbocycles. The highest BCUT2D eigenvalue weighted by Crippen LogP contribution is 2.68. The molecule has 2 fully saturated rings. The van der Waals surface area contributed by atoms with Crippen LogP contribution in [0.15, 0.2) is 30.3 Å². The molecule has 0 saturated heterocycles. The van der Waals surface area contributed by atoms with Crippen molar-refractivity contribution in [2.24, 2.45) is 10.8 Å². The SMILES string of the molecule is O=C(NCC1(CO)CC2(CC(F)(F)C2)C1)OCc1ccccc1. The number of nitrogens with one attached hydrogen (secondary N) is 1. The Balaban J connectivity index is 1.42. The quantitative estimate of drug-likeness (QED) is 0.874. The molecule has 2 aliphatic carbocycles. The monoisotopic (exact) mass is 325 g/mol. The number of carbonyl (C=O) groups is 1. The van der Waals surface area contributed by atoms with Gasteiger partial charge < -0.3 is 15.2 Å². The van der Waals surface area contributed by atoms with E-state index in [1.165, 1.54) is 0 Å². The molecule has 1 spiro atoms. The van der Waals surface area contributed by atoms with Crippen LogP contribution in [0.25, 0.3) is 0 Å². The molecule has 23 heavy (non-hydrogen) atoms. The molecule has 1 amide bonds. The van der Waals surface area contributed by atoms with Crippen LogP contribution in [0, 0.1) is 10.8 Å². The second-order valence-corrected chi connectivity index (χ2v) is 7.14. The molecule has 2 saturated carbocycles. The minimum absolute atomic E-state index is 0.0970. The van der Waals surface area contributed by atoms with Crippen molar-refractivity contribution in [3.63, 3.8) is 0 Å². The summed E-state index contributed by atoms with van der Waals surface area (Å²) in [5.74, 6) is -2.55. The lowest BCUT2D eigenvalue weighted by atomic mass is 9.44. The van der Waals surface area contributed by atoms with Crippen LogP contribution in [-0.4, -0.2) is 30.3 Å². The van der Waals surface area contributed by atoms with Crippen molar-refractivity contribution in [2.45, 2.75) is 38.2 Å². The molecule has 2 N–H and O–H groups in total. The fourth-order valence-electron chi connectivity index (χ4n) is 4.16. The lowest BCUT2D eigenvalue weighted by Gasteiger charge is -2.62. The maximum Gasteiger partial charge on any atom is 0.407 e. The summed E-state index contributed by atoms with van der Waals surface area (Å²) >= 11 is 0. The second-order valence-electron chi connectivity index (χ2n) is 7.14. The Hall–Kier alpha value is -1.69. The molecule has 4 nitrogen and oxygen atoms in total. The highest BCUT2D eigenvalue weighted by molar-refractivity contribution is 5.67. The zero-order chi connectivity index (χ0) is 16.6. The Labute approximate surface area is 133 Å². The van der Waals surface area contributed by atoms with E-state index in [1.807, 2.05) is 30.3 Å². The topological polar surface area (TPSA) is 58.6 Å². The average molecular weight is 325 g/mol. The highest BCUT2D eigenvalue weighted by atomic mass is 19.3. The van der Waals surface area contributed by atoms with E-state index >= 15 is 0 Å². The number of aliphatic hydroxyl groups excluding tert-OH is 1. The van der Waals surface area contributed by atoms with E-state index < -0.39 is 17.4 Å². The molecule has 2 aliphatic rings. The number of amides is 1. The number of alkyl halides is 2. The second kappa shape index (κ2) is 5.74. The van der Waals surface area contributed by atoms with Crippen LogP contribution in [0.2, 0.25) is 0 Å². The fraction of sp³-hybridized carbons (Fsp3) is 0.588. The van der Waals surface area contributed by atoms with E-state index in [4.69, 9.17) is 4.74 Å². The van der Waals surface area contributed by atoms with Crippen LogP contribution < -0.4 is 5.32 Å².